The first kappa shape index (κ1) is 11.0. The van der Waals surface area contributed by atoms with Crippen LogP contribution in [0.15, 0.2) is 30.6 Å². The maximum Gasteiger partial charge on any atom is 0.311 e. The van der Waals surface area contributed by atoms with Crippen molar-refractivity contribution in [2.75, 3.05) is 0 Å². The summed E-state index contributed by atoms with van der Waals surface area (Å²) in [6, 6.07) is 4.17. The third kappa shape index (κ3) is 3.01. The first-order valence-corrected chi connectivity index (χ1v) is 5.96. The lowest BCUT2D eigenvalue weighted by Gasteiger charge is -2.08. The summed E-state index contributed by atoms with van der Waals surface area (Å²) in [5, 5.41) is 0. The molecule has 1 aromatic rings. The molecule has 14 heavy (non-hydrogen) atoms. The Morgan fingerprint density at radius 2 is 1.50 bits per heavy atom. The summed E-state index contributed by atoms with van der Waals surface area (Å²) in [5.41, 5.74) is 0. The minimum atomic E-state index is -5.41. The number of hydrogen-bond donors (Lipinski definition) is 0. The van der Waals surface area contributed by atoms with Crippen molar-refractivity contribution in [1.29, 1.82) is 0 Å². The summed E-state index contributed by atoms with van der Waals surface area (Å²) >= 11 is 0. The van der Waals surface area contributed by atoms with Crippen LogP contribution in [0.1, 0.15) is 0 Å². The Balaban J connectivity index is 3.12. The van der Waals surface area contributed by atoms with E-state index in [0.29, 0.717) is 3.97 Å². The van der Waals surface area contributed by atoms with Crippen molar-refractivity contribution in [1.82, 2.24) is 0 Å². The van der Waals surface area contributed by atoms with Crippen LogP contribution in [-0.2, 0) is 20.6 Å². The van der Waals surface area contributed by atoms with Crippen LogP contribution in [0.4, 0.5) is 3.89 Å². The Kier molecular flexibility index (Phi) is 2.83. The number of halogens is 1. The smallest absolute Gasteiger partial charge is 0.311 e. The highest BCUT2D eigenvalue weighted by Gasteiger charge is 2.14. The van der Waals surface area contributed by atoms with Gasteiger partial charge in [-0.25, -0.2) is 8.42 Å². The lowest BCUT2D eigenvalue weighted by molar-refractivity contribution is -0.509. The van der Waals surface area contributed by atoms with Gasteiger partial charge in [-0.3, -0.25) is 0 Å². The number of aromatic nitrogens is 1. The van der Waals surface area contributed by atoms with Crippen LogP contribution in [-0.4, -0.2) is 16.8 Å². The van der Waals surface area contributed by atoms with Crippen molar-refractivity contribution in [3.63, 3.8) is 0 Å². The third-order valence-corrected chi connectivity index (χ3v) is 3.38. The molecule has 0 N–H and O–H groups in total. The SMILES string of the molecule is O=S(=O)(F)[N-]S(=O)(=O)[n+]1ccccc1. The molecule has 0 saturated heterocycles. The zero-order chi connectivity index (χ0) is 10.8. The largest absolute Gasteiger partial charge is 0.348 e. The van der Waals surface area contributed by atoms with Crippen molar-refractivity contribution < 1.29 is 24.7 Å². The van der Waals surface area contributed by atoms with Crippen molar-refractivity contribution in [3.05, 3.63) is 34.7 Å². The van der Waals surface area contributed by atoms with E-state index in [0.717, 1.165) is 12.4 Å². The average Bonchev–Trinajstić information content (AvgIpc) is 2.01. The summed E-state index contributed by atoms with van der Waals surface area (Å²) in [5.74, 6) is 0. The molecule has 0 aromatic carbocycles. The molecule has 0 aliphatic heterocycles. The summed E-state index contributed by atoms with van der Waals surface area (Å²) in [7, 11) is -9.95. The fourth-order valence-corrected chi connectivity index (χ4v) is 2.34. The molecule has 6 nitrogen and oxygen atoms in total. The van der Waals surface area contributed by atoms with E-state index < -0.39 is 20.6 Å². The summed E-state index contributed by atoms with van der Waals surface area (Å²) in [6.45, 7) is 0. The van der Waals surface area contributed by atoms with Gasteiger partial charge in [-0.15, -0.1) is 7.86 Å². The number of nitrogens with zero attached hydrogens (tertiary/aromatic N) is 2. The Hall–Kier alpha value is -1.06. The van der Waals surface area contributed by atoms with Gasteiger partial charge in [0.05, 0.1) is 0 Å². The topological polar surface area (TPSA) is 86.3 Å². The number of hydrogen-bond acceptors (Lipinski definition) is 4. The van der Waals surface area contributed by atoms with E-state index in [2.05, 4.69) is 4.13 Å². The lowest BCUT2D eigenvalue weighted by atomic mass is 10.5. The third-order valence-electron chi connectivity index (χ3n) is 1.14. The normalized spacial score (nSPS) is 12.6. The van der Waals surface area contributed by atoms with Gasteiger partial charge in [0.2, 0.25) is 10.4 Å². The summed E-state index contributed by atoms with van der Waals surface area (Å²) in [6.07, 6.45) is 2.06. The molecule has 0 saturated carbocycles. The predicted molar refractivity (Wildman–Crippen MR) is 44.3 cm³/mol. The van der Waals surface area contributed by atoms with Crippen LogP contribution in [0.5, 0.6) is 0 Å². The van der Waals surface area contributed by atoms with E-state index in [1.54, 1.807) is 0 Å². The summed E-state index contributed by atoms with van der Waals surface area (Å²) < 4.78 is 56.6. The highest BCUT2D eigenvalue weighted by Crippen LogP contribution is 2.08. The molecule has 0 amide bonds. The second-order valence-electron chi connectivity index (χ2n) is 2.17. The minimum absolute atomic E-state index is 0.476. The average molecular weight is 240 g/mol. The van der Waals surface area contributed by atoms with E-state index in [1.807, 2.05) is 0 Å². The van der Waals surface area contributed by atoms with E-state index in [-0.39, 0.29) is 0 Å². The Morgan fingerprint density at radius 1 is 1.00 bits per heavy atom. The van der Waals surface area contributed by atoms with Crippen LogP contribution in [0.2, 0.25) is 0 Å². The van der Waals surface area contributed by atoms with E-state index in [4.69, 9.17) is 0 Å². The van der Waals surface area contributed by atoms with E-state index in [9.17, 15) is 20.7 Å². The molecule has 1 aromatic heterocycles. The van der Waals surface area contributed by atoms with Gasteiger partial charge < -0.3 is 4.13 Å². The lowest BCUT2D eigenvalue weighted by Crippen LogP contribution is -2.41. The Labute approximate surface area is 80.5 Å². The summed E-state index contributed by atoms with van der Waals surface area (Å²) in [4.78, 5) is 0. The van der Waals surface area contributed by atoms with Crippen molar-refractivity contribution >= 4 is 20.6 Å². The van der Waals surface area contributed by atoms with Gasteiger partial charge in [-0.1, -0.05) is 6.07 Å². The van der Waals surface area contributed by atoms with Gasteiger partial charge in [0.25, 0.3) is 0 Å². The molecular weight excluding hydrogens is 235 g/mol. The van der Waals surface area contributed by atoms with Gasteiger partial charge in [0.1, 0.15) is 0 Å². The molecule has 9 heteroatoms. The maximum absolute atomic E-state index is 12.0. The number of pyridine rings is 1. The molecule has 0 aliphatic rings. The molecule has 1 heterocycles. The first-order chi connectivity index (χ1) is 6.31. The molecule has 78 valence electrons. The quantitative estimate of drug-likeness (QED) is 0.534. The Morgan fingerprint density at radius 3 is 1.93 bits per heavy atom. The maximum atomic E-state index is 12.0. The highest BCUT2D eigenvalue weighted by atomic mass is 32.3. The molecule has 0 atom stereocenters. The van der Waals surface area contributed by atoms with Crippen molar-refractivity contribution in [2.24, 2.45) is 0 Å². The second kappa shape index (κ2) is 3.59. The van der Waals surface area contributed by atoms with E-state index >= 15 is 0 Å². The van der Waals surface area contributed by atoms with E-state index in [1.165, 1.54) is 18.2 Å². The molecule has 0 bridgehead atoms. The zero-order valence-corrected chi connectivity index (χ0v) is 8.24. The fourth-order valence-electron chi connectivity index (χ4n) is 0.688. The second-order valence-corrected chi connectivity index (χ2v) is 4.91. The van der Waals surface area contributed by atoms with Gasteiger partial charge in [-0.05, 0) is 0 Å². The number of rotatable bonds is 3. The van der Waals surface area contributed by atoms with Gasteiger partial charge >= 0.3 is 10.2 Å². The van der Waals surface area contributed by atoms with Crippen LogP contribution in [0, 0.1) is 0 Å². The molecule has 0 radical (unpaired) electrons. The van der Waals surface area contributed by atoms with Crippen LogP contribution in [0.3, 0.4) is 0 Å². The predicted octanol–water partition coefficient (Wildman–Crippen LogP) is -0.345. The first-order valence-electron chi connectivity index (χ1n) is 3.22. The molecular formula is C5H5FN2O4S2. The highest BCUT2D eigenvalue weighted by molar-refractivity contribution is 8.07. The van der Waals surface area contributed by atoms with Crippen LogP contribution in [0.25, 0.3) is 4.13 Å². The minimum Gasteiger partial charge on any atom is -0.348 e. The van der Waals surface area contributed by atoms with Gasteiger partial charge in [0, 0.05) is 12.1 Å². The van der Waals surface area contributed by atoms with Gasteiger partial charge in [-0.2, -0.15) is 8.42 Å². The van der Waals surface area contributed by atoms with Crippen molar-refractivity contribution in [2.45, 2.75) is 0 Å². The van der Waals surface area contributed by atoms with Crippen molar-refractivity contribution in [3.8, 4) is 0 Å². The fraction of sp³-hybridized carbons (Fsp3) is 0. The van der Waals surface area contributed by atoms with Gasteiger partial charge in [0.15, 0.2) is 12.4 Å². The molecule has 0 spiro atoms. The molecule has 0 aliphatic carbocycles. The molecule has 1 rings (SSSR count). The standard InChI is InChI=1S/C5H5FN2O4S2/c6-13(9,10)7-14(11,12)8-4-2-1-3-5-8/h1-5H. The monoisotopic (exact) mass is 240 g/mol. The molecule has 0 fully saturated rings. The molecule has 0 unspecified atom stereocenters. The van der Waals surface area contributed by atoms with Crippen LogP contribution >= 0.6 is 0 Å². The van der Waals surface area contributed by atoms with Crippen LogP contribution < -0.4 is 3.97 Å². The Bertz CT molecular complexity index is 510. The zero-order valence-electron chi connectivity index (χ0n) is 6.61.